The number of imidazole rings is 1. The summed E-state index contributed by atoms with van der Waals surface area (Å²) in [7, 11) is 0. The minimum absolute atomic E-state index is 0.355. The predicted molar refractivity (Wildman–Crippen MR) is 70.5 cm³/mol. The highest BCUT2D eigenvalue weighted by atomic mass is 16.6. The first-order valence-electron chi connectivity index (χ1n) is 5.99. The summed E-state index contributed by atoms with van der Waals surface area (Å²) in [6.07, 6.45) is 2.42. The van der Waals surface area contributed by atoms with Crippen LogP contribution in [0.25, 0.3) is 5.65 Å². The zero-order chi connectivity index (χ0) is 14.2. The zero-order valence-electron chi connectivity index (χ0n) is 11.4. The fraction of sp³-hybridized carbons (Fsp3) is 0.357. The average molecular weight is 260 g/mol. The maximum atomic E-state index is 12.2. The number of carbonyl (C=O) groups excluding carboxylic acids is 2. The molecule has 0 atom stereocenters. The molecular weight excluding hydrogens is 244 g/mol. The van der Waals surface area contributed by atoms with Crippen LogP contribution in [0.2, 0.25) is 0 Å². The summed E-state index contributed by atoms with van der Waals surface area (Å²) in [4.78, 5) is 27.4. The number of hydrogen-bond donors (Lipinski definition) is 0. The van der Waals surface area contributed by atoms with Crippen LogP contribution in [0.5, 0.6) is 0 Å². The highest BCUT2D eigenvalue weighted by Crippen LogP contribution is 2.18. The molecule has 2 heterocycles. The van der Waals surface area contributed by atoms with E-state index in [1.807, 2.05) is 0 Å². The van der Waals surface area contributed by atoms with Gasteiger partial charge in [0.05, 0.1) is 11.3 Å². The van der Waals surface area contributed by atoms with E-state index in [2.05, 4.69) is 4.98 Å². The van der Waals surface area contributed by atoms with Gasteiger partial charge < -0.3 is 4.74 Å². The lowest BCUT2D eigenvalue weighted by Crippen LogP contribution is -2.25. The first-order chi connectivity index (χ1) is 8.83. The van der Waals surface area contributed by atoms with E-state index < -0.39 is 11.6 Å². The monoisotopic (exact) mass is 260 g/mol. The van der Waals surface area contributed by atoms with Gasteiger partial charge in [0.1, 0.15) is 11.2 Å². The average Bonchev–Trinajstić information content (AvgIpc) is 2.62. The summed E-state index contributed by atoms with van der Waals surface area (Å²) in [6.45, 7) is 7.14. The smallest absolute Gasteiger partial charge is 0.357 e. The van der Waals surface area contributed by atoms with Crippen molar-refractivity contribution in [3.63, 3.8) is 0 Å². The summed E-state index contributed by atoms with van der Waals surface area (Å²) in [5.41, 5.74) is 1.24. The molecule has 100 valence electrons. The normalized spacial score (nSPS) is 11.6. The Balaban J connectivity index is 2.58. The van der Waals surface area contributed by atoms with Gasteiger partial charge in [-0.15, -0.1) is 0 Å². The number of carbonyl (C=O) groups is 2. The lowest BCUT2D eigenvalue weighted by atomic mass is 10.2. The van der Waals surface area contributed by atoms with E-state index in [0.29, 0.717) is 22.6 Å². The number of ether oxygens (including phenoxy) is 1. The third-order valence-electron chi connectivity index (χ3n) is 2.57. The van der Waals surface area contributed by atoms with Gasteiger partial charge in [0.25, 0.3) is 0 Å². The first-order valence-corrected chi connectivity index (χ1v) is 5.99. The van der Waals surface area contributed by atoms with E-state index in [1.54, 1.807) is 50.4 Å². The van der Waals surface area contributed by atoms with Crippen LogP contribution >= 0.6 is 0 Å². The maximum Gasteiger partial charge on any atom is 0.357 e. The Morgan fingerprint density at radius 1 is 1.42 bits per heavy atom. The van der Waals surface area contributed by atoms with Gasteiger partial charge in [0, 0.05) is 6.20 Å². The van der Waals surface area contributed by atoms with Crippen LogP contribution in [-0.4, -0.2) is 27.2 Å². The second kappa shape index (κ2) is 4.50. The van der Waals surface area contributed by atoms with Crippen molar-refractivity contribution in [1.29, 1.82) is 0 Å². The van der Waals surface area contributed by atoms with Crippen molar-refractivity contribution in [3.05, 3.63) is 35.3 Å². The lowest BCUT2D eigenvalue weighted by molar-refractivity contribution is 0.00607. The Hall–Kier alpha value is -2.17. The largest absolute Gasteiger partial charge is 0.455 e. The quantitative estimate of drug-likeness (QED) is 0.614. The van der Waals surface area contributed by atoms with E-state index in [1.165, 1.54) is 0 Å². The highest BCUT2D eigenvalue weighted by molar-refractivity contribution is 5.92. The van der Waals surface area contributed by atoms with Crippen LogP contribution in [0.4, 0.5) is 0 Å². The third-order valence-corrected chi connectivity index (χ3v) is 2.57. The molecule has 5 heteroatoms. The number of nitrogens with zero attached hydrogens (tertiary/aromatic N) is 2. The molecule has 5 nitrogen and oxygen atoms in total. The molecular formula is C14H16N2O3. The number of fused-ring (bicyclic) bond motifs is 1. The second-order valence-corrected chi connectivity index (χ2v) is 5.32. The number of hydrogen-bond acceptors (Lipinski definition) is 4. The van der Waals surface area contributed by atoms with E-state index in [0.717, 1.165) is 6.29 Å². The minimum atomic E-state index is -0.573. The first kappa shape index (κ1) is 13.3. The second-order valence-electron chi connectivity index (χ2n) is 5.32. The molecule has 0 spiro atoms. The Morgan fingerprint density at radius 2 is 2.11 bits per heavy atom. The number of rotatable bonds is 2. The molecule has 0 saturated carbocycles. The van der Waals surface area contributed by atoms with Gasteiger partial charge in [-0.05, 0) is 39.8 Å². The Bertz CT molecular complexity index is 650. The van der Waals surface area contributed by atoms with Crippen molar-refractivity contribution in [2.24, 2.45) is 0 Å². The third kappa shape index (κ3) is 2.50. The van der Waals surface area contributed by atoms with Crippen molar-refractivity contribution in [3.8, 4) is 0 Å². The number of aldehydes is 1. The van der Waals surface area contributed by atoms with Crippen LogP contribution in [0.15, 0.2) is 18.3 Å². The topological polar surface area (TPSA) is 60.7 Å². The van der Waals surface area contributed by atoms with E-state index in [4.69, 9.17) is 4.74 Å². The summed E-state index contributed by atoms with van der Waals surface area (Å²) >= 11 is 0. The Morgan fingerprint density at radius 3 is 2.68 bits per heavy atom. The van der Waals surface area contributed by atoms with Gasteiger partial charge >= 0.3 is 5.97 Å². The molecule has 0 amide bonds. The van der Waals surface area contributed by atoms with E-state index >= 15 is 0 Å². The Labute approximate surface area is 111 Å². The molecule has 0 saturated heterocycles. The van der Waals surface area contributed by atoms with Gasteiger partial charge in [-0.3, -0.25) is 9.20 Å². The van der Waals surface area contributed by atoms with Crippen LogP contribution in [-0.2, 0) is 4.74 Å². The molecule has 0 bridgehead atoms. The fourth-order valence-corrected chi connectivity index (χ4v) is 1.87. The van der Waals surface area contributed by atoms with Gasteiger partial charge in [0.2, 0.25) is 0 Å². The standard InChI is InChI=1S/C14H16N2O3/c1-9-11(13(18)19-14(2,3)4)16-7-5-6-10(8-17)12(16)15-9/h5-8H,1-4H3. The molecule has 2 rings (SSSR count). The molecule has 0 aliphatic rings. The van der Waals surface area contributed by atoms with Crippen LogP contribution in [0.3, 0.4) is 0 Å². The van der Waals surface area contributed by atoms with Crippen LogP contribution in [0, 0.1) is 6.92 Å². The molecule has 0 fully saturated rings. The summed E-state index contributed by atoms with van der Waals surface area (Å²) in [6, 6.07) is 3.36. The Kier molecular flexibility index (Phi) is 3.14. The van der Waals surface area contributed by atoms with Crippen molar-refractivity contribution in [1.82, 2.24) is 9.38 Å². The van der Waals surface area contributed by atoms with Gasteiger partial charge in [0.15, 0.2) is 12.0 Å². The lowest BCUT2D eigenvalue weighted by Gasteiger charge is -2.19. The molecule has 0 aliphatic carbocycles. The van der Waals surface area contributed by atoms with Crippen LogP contribution < -0.4 is 0 Å². The van der Waals surface area contributed by atoms with Crippen molar-refractivity contribution in [2.75, 3.05) is 0 Å². The van der Waals surface area contributed by atoms with Crippen molar-refractivity contribution < 1.29 is 14.3 Å². The number of esters is 1. The van der Waals surface area contributed by atoms with E-state index in [9.17, 15) is 9.59 Å². The SMILES string of the molecule is Cc1nc2c(C=O)cccn2c1C(=O)OC(C)(C)C. The van der Waals surface area contributed by atoms with Gasteiger partial charge in [-0.25, -0.2) is 9.78 Å². The zero-order valence-corrected chi connectivity index (χ0v) is 11.4. The highest BCUT2D eigenvalue weighted by Gasteiger charge is 2.24. The van der Waals surface area contributed by atoms with Crippen molar-refractivity contribution in [2.45, 2.75) is 33.3 Å². The number of aryl methyl sites for hydroxylation is 1. The molecule has 0 N–H and O–H groups in total. The molecule has 2 aromatic heterocycles. The number of pyridine rings is 1. The van der Waals surface area contributed by atoms with Crippen LogP contribution in [0.1, 0.15) is 47.3 Å². The maximum absolute atomic E-state index is 12.2. The molecule has 2 aromatic rings. The molecule has 19 heavy (non-hydrogen) atoms. The molecule has 0 aromatic carbocycles. The van der Waals surface area contributed by atoms with Gasteiger partial charge in [-0.1, -0.05) is 0 Å². The molecule has 0 aliphatic heterocycles. The molecule has 0 unspecified atom stereocenters. The summed E-state index contributed by atoms with van der Waals surface area (Å²) in [5, 5.41) is 0. The summed E-state index contributed by atoms with van der Waals surface area (Å²) < 4.78 is 6.95. The summed E-state index contributed by atoms with van der Waals surface area (Å²) in [5.74, 6) is -0.444. The number of aromatic nitrogens is 2. The molecule has 0 radical (unpaired) electrons. The van der Waals surface area contributed by atoms with Gasteiger partial charge in [-0.2, -0.15) is 0 Å². The fourth-order valence-electron chi connectivity index (χ4n) is 1.87. The van der Waals surface area contributed by atoms with Crippen molar-refractivity contribution >= 4 is 17.9 Å². The minimum Gasteiger partial charge on any atom is -0.455 e. The predicted octanol–water partition coefficient (Wildman–Crippen LogP) is 2.41. The van der Waals surface area contributed by atoms with E-state index in [-0.39, 0.29) is 0 Å².